The minimum Gasteiger partial charge on any atom is -0.208 e. The summed E-state index contributed by atoms with van der Waals surface area (Å²) in [5.41, 5.74) is 7.56. The fourth-order valence-electron chi connectivity index (χ4n) is 8.04. The lowest BCUT2D eigenvalue weighted by Crippen LogP contribution is -2.01. The molecule has 0 aliphatic heterocycles. The summed E-state index contributed by atoms with van der Waals surface area (Å²) < 4.78 is 2.50. The molecule has 0 N–H and O–H groups in total. The average molecular weight is 692 g/mol. The summed E-state index contributed by atoms with van der Waals surface area (Å²) in [7, 11) is 0. The van der Waals surface area contributed by atoms with Crippen molar-refractivity contribution < 1.29 is 0 Å². The molecule has 9 aromatic carbocycles. The lowest BCUT2D eigenvalue weighted by Gasteiger charge is -2.16. The Hall–Kier alpha value is -6.75. The first-order valence-corrected chi connectivity index (χ1v) is 18.7. The lowest BCUT2D eigenvalue weighted by molar-refractivity contribution is 1.07. The van der Waals surface area contributed by atoms with Gasteiger partial charge in [-0.25, -0.2) is 15.0 Å². The van der Waals surface area contributed by atoms with E-state index in [9.17, 15) is 0 Å². The van der Waals surface area contributed by atoms with Gasteiger partial charge in [-0.1, -0.05) is 158 Å². The Labute approximate surface area is 309 Å². The molecule has 0 radical (unpaired) electrons. The Morgan fingerprint density at radius 1 is 0.302 bits per heavy atom. The summed E-state index contributed by atoms with van der Waals surface area (Å²) >= 11 is 1.83. The van der Waals surface area contributed by atoms with Gasteiger partial charge in [0.05, 0.1) is 0 Å². The Morgan fingerprint density at radius 3 is 1.58 bits per heavy atom. The van der Waals surface area contributed by atoms with Crippen molar-refractivity contribution in [3.63, 3.8) is 0 Å². The molecule has 11 rings (SSSR count). The molecule has 53 heavy (non-hydrogen) atoms. The van der Waals surface area contributed by atoms with Crippen molar-refractivity contribution in [2.75, 3.05) is 0 Å². The topological polar surface area (TPSA) is 38.7 Å². The maximum absolute atomic E-state index is 5.18. The average Bonchev–Trinajstić information content (AvgIpc) is 3.62. The van der Waals surface area contributed by atoms with E-state index in [1.54, 1.807) is 0 Å². The Balaban J connectivity index is 1.14. The van der Waals surface area contributed by atoms with Gasteiger partial charge < -0.3 is 0 Å². The van der Waals surface area contributed by atoms with Crippen LogP contribution in [-0.2, 0) is 0 Å². The summed E-state index contributed by atoms with van der Waals surface area (Å²) in [5.74, 6) is 1.96. The fraction of sp³-hybridized carbons (Fsp3) is 0. The van der Waals surface area contributed by atoms with Crippen LogP contribution in [-0.4, -0.2) is 15.0 Å². The second kappa shape index (κ2) is 11.9. The fourth-order valence-corrected chi connectivity index (χ4v) is 9.15. The third-order valence-electron chi connectivity index (χ3n) is 10.5. The van der Waals surface area contributed by atoms with E-state index in [0.29, 0.717) is 17.5 Å². The molecule has 0 unspecified atom stereocenters. The van der Waals surface area contributed by atoms with Gasteiger partial charge in [0.1, 0.15) is 0 Å². The molecule has 0 fully saturated rings. The summed E-state index contributed by atoms with van der Waals surface area (Å²) in [6.07, 6.45) is 0. The van der Waals surface area contributed by atoms with Crippen molar-refractivity contribution in [3.05, 3.63) is 176 Å². The molecule has 11 aromatic rings. The molecule has 0 saturated heterocycles. The summed E-state index contributed by atoms with van der Waals surface area (Å²) in [6.45, 7) is 0. The molecule has 0 saturated carbocycles. The number of nitrogens with zero attached hydrogens (tertiary/aromatic N) is 3. The van der Waals surface area contributed by atoms with Crippen molar-refractivity contribution in [2.24, 2.45) is 0 Å². The monoisotopic (exact) mass is 691 g/mol. The zero-order chi connectivity index (χ0) is 34.9. The van der Waals surface area contributed by atoms with Crippen LogP contribution in [0, 0.1) is 0 Å². The number of hydrogen-bond donors (Lipinski definition) is 0. The smallest absolute Gasteiger partial charge is 0.164 e. The summed E-state index contributed by atoms with van der Waals surface area (Å²) in [6, 6.07) is 62.7. The van der Waals surface area contributed by atoms with E-state index in [0.717, 1.165) is 27.8 Å². The molecule has 0 amide bonds. The molecule has 2 aromatic heterocycles. The van der Waals surface area contributed by atoms with E-state index in [1.165, 1.54) is 63.6 Å². The second-order valence-corrected chi connectivity index (χ2v) is 14.6. The van der Waals surface area contributed by atoms with Gasteiger partial charge in [-0.15, -0.1) is 11.3 Å². The zero-order valence-electron chi connectivity index (χ0n) is 28.5. The molecule has 0 spiro atoms. The van der Waals surface area contributed by atoms with E-state index in [2.05, 4.69) is 140 Å². The first-order chi connectivity index (χ1) is 26.3. The summed E-state index contributed by atoms with van der Waals surface area (Å²) in [5, 5.41) is 10.2. The number of aromatic nitrogens is 3. The van der Waals surface area contributed by atoms with Gasteiger partial charge in [-0.2, -0.15) is 0 Å². The molecular weight excluding hydrogens is 663 g/mol. The van der Waals surface area contributed by atoms with Crippen LogP contribution >= 0.6 is 11.3 Å². The highest BCUT2D eigenvalue weighted by Crippen LogP contribution is 2.46. The molecule has 0 atom stereocenters. The molecular formula is C49H29N3S. The second-order valence-electron chi connectivity index (χ2n) is 13.5. The van der Waals surface area contributed by atoms with Crippen LogP contribution in [0.5, 0.6) is 0 Å². The predicted octanol–water partition coefficient (Wildman–Crippen LogP) is 13.5. The maximum atomic E-state index is 5.18. The lowest BCUT2D eigenvalue weighted by atomic mass is 9.89. The van der Waals surface area contributed by atoms with Gasteiger partial charge in [0.15, 0.2) is 17.5 Å². The van der Waals surface area contributed by atoms with Crippen LogP contribution in [0.25, 0.3) is 109 Å². The largest absolute Gasteiger partial charge is 0.208 e. The third-order valence-corrected chi connectivity index (χ3v) is 11.6. The number of rotatable bonds is 5. The molecule has 2 heterocycles. The Morgan fingerprint density at radius 2 is 0.868 bits per heavy atom. The SMILES string of the molecule is c1ccc(-c2nc(-c3ccccc3)nc(-c3ccc4sc5ccccc5c4c3-c3ccc(-c4ccc5ccc6cccc7ccc4c5c67)cc3)n2)cc1. The maximum Gasteiger partial charge on any atom is 0.164 e. The highest BCUT2D eigenvalue weighted by atomic mass is 32.1. The van der Waals surface area contributed by atoms with Crippen molar-refractivity contribution in [1.82, 2.24) is 15.0 Å². The highest BCUT2D eigenvalue weighted by molar-refractivity contribution is 7.26. The first-order valence-electron chi connectivity index (χ1n) is 17.9. The van der Waals surface area contributed by atoms with Crippen LogP contribution in [0.15, 0.2) is 176 Å². The van der Waals surface area contributed by atoms with Crippen LogP contribution in [0.1, 0.15) is 0 Å². The molecule has 3 nitrogen and oxygen atoms in total. The zero-order valence-corrected chi connectivity index (χ0v) is 29.3. The van der Waals surface area contributed by atoms with E-state index in [1.807, 2.05) is 47.7 Å². The van der Waals surface area contributed by atoms with Crippen molar-refractivity contribution >= 4 is 63.8 Å². The highest BCUT2D eigenvalue weighted by Gasteiger charge is 2.21. The molecule has 0 aliphatic rings. The number of benzene rings is 9. The summed E-state index contributed by atoms with van der Waals surface area (Å²) in [4.78, 5) is 15.3. The third kappa shape index (κ3) is 4.84. The normalized spacial score (nSPS) is 11.8. The number of thiophene rings is 1. The number of fused-ring (bicyclic) bond motifs is 3. The van der Waals surface area contributed by atoms with E-state index < -0.39 is 0 Å². The predicted molar refractivity (Wildman–Crippen MR) is 224 cm³/mol. The Bertz CT molecular complexity index is 3080. The van der Waals surface area contributed by atoms with Crippen molar-refractivity contribution in [1.29, 1.82) is 0 Å². The van der Waals surface area contributed by atoms with Gasteiger partial charge in [-0.05, 0) is 67.2 Å². The van der Waals surface area contributed by atoms with Gasteiger partial charge in [0.25, 0.3) is 0 Å². The minimum absolute atomic E-state index is 0.653. The van der Waals surface area contributed by atoms with Gasteiger partial charge in [0.2, 0.25) is 0 Å². The van der Waals surface area contributed by atoms with Gasteiger partial charge in [-0.3, -0.25) is 0 Å². The van der Waals surface area contributed by atoms with E-state index >= 15 is 0 Å². The first kappa shape index (κ1) is 29.9. The van der Waals surface area contributed by atoms with E-state index in [-0.39, 0.29) is 0 Å². The van der Waals surface area contributed by atoms with Crippen LogP contribution in [0.2, 0.25) is 0 Å². The minimum atomic E-state index is 0.653. The van der Waals surface area contributed by atoms with Crippen LogP contribution in [0.4, 0.5) is 0 Å². The molecule has 4 heteroatoms. The van der Waals surface area contributed by atoms with Gasteiger partial charge in [0, 0.05) is 42.4 Å². The van der Waals surface area contributed by atoms with Crippen molar-refractivity contribution in [3.8, 4) is 56.4 Å². The van der Waals surface area contributed by atoms with Gasteiger partial charge >= 0.3 is 0 Å². The van der Waals surface area contributed by atoms with E-state index in [4.69, 9.17) is 15.0 Å². The quantitative estimate of drug-likeness (QED) is 0.169. The van der Waals surface area contributed by atoms with Crippen LogP contribution in [0.3, 0.4) is 0 Å². The number of hydrogen-bond acceptors (Lipinski definition) is 4. The molecule has 246 valence electrons. The molecule has 0 aliphatic carbocycles. The standard InChI is InChI=1S/C49H29N3S/c1-3-10-35(11-4-1)47-50-48(36-12-5-2-6-13-36)52-49(51-47)40-28-29-42-46(39-16-7-8-17-41(39)53-42)45(40)33-20-18-30(19-21-33)37-26-24-34-23-22-31-14-9-15-32-25-27-38(37)44(34)43(31)32/h1-29H. The Kier molecular flexibility index (Phi) is 6.73. The van der Waals surface area contributed by atoms with Crippen LogP contribution < -0.4 is 0 Å². The molecule has 0 bridgehead atoms. The van der Waals surface area contributed by atoms with Crippen molar-refractivity contribution in [2.45, 2.75) is 0 Å².